The van der Waals surface area contributed by atoms with Crippen LogP contribution >= 0.6 is 0 Å². The third-order valence-electron chi connectivity index (χ3n) is 2.36. The van der Waals surface area contributed by atoms with Crippen molar-refractivity contribution in [2.75, 3.05) is 0 Å². The Kier molecular flexibility index (Phi) is 2.57. The fourth-order valence-corrected chi connectivity index (χ4v) is 1.48. The van der Waals surface area contributed by atoms with E-state index in [0.717, 1.165) is 11.1 Å². The van der Waals surface area contributed by atoms with Crippen molar-refractivity contribution in [1.29, 1.82) is 0 Å². The van der Waals surface area contributed by atoms with Gasteiger partial charge in [-0.3, -0.25) is 14.5 Å². The lowest BCUT2D eigenvalue weighted by Crippen LogP contribution is -2.29. The molecule has 1 aliphatic rings. The average molecular weight is 211 g/mol. The highest BCUT2D eigenvalue weighted by Gasteiger charge is 2.22. The molecule has 0 radical (unpaired) electrons. The molecule has 0 spiro atoms. The molecule has 3 heteroatoms. The van der Waals surface area contributed by atoms with Gasteiger partial charge in [0.2, 0.25) is 0 Å². The number of hydrogen-bond donors (Lipinski definition) is 0. The van der Waals surface area contributed by atoms with Gasteiger partial charge in [-0.05, 0) is 17.7 Å². The van der Waals surface area contributed by atoms with Crippen LogP contribution in [-0.4, -0.2) is 16.7 Å². The third-order valence-corrected chi connectivity index (χ3v) is 2.36. The Morgan fingerprint density at radius 2 is 1.62 bits per heavy atom. The third kappa shape index (κ3) is 1.86. The van der Waals surface area contributed by atoms with Crippen molar-refractivity contribution in [3.8, 4) is 12.3 Å². The number of imide groups is 1. The molecule has 2 rings (SSSR count). The zero-order valence-electron chi connectivity index (χ0n) is 8.51. The Balaban J connectivity index is 2.13. The molecular weight excluding hydrogens is 202 g/mol. The Hall–Kier alpha value is -2.34. The molecule has 2 amide bonds. The first-order valence-electron chi connectivity index (χ1n) is 4.80. The van der Waals surface area contributed by atoms with Gasteiger partial charge in [-0.25, -0.2) is 0 Å². The zero-order valence-corrected chi connectivity index (χ0v) is 8.51. The van der Waals surface area contributed by atoms with Crippen molar-refractivity contribution in [2.24, 2.45) is 0 Å². The molecule has 0 aromatic heterocycles. The topological polar surface area (TPSA) is 37.4 Å². The first kappa shape index (κ1) is 10.2. The number of rotatable bonds is 2. The van der Waals surface area contributed by atoms with Crippen LogP contribution < -0.4 is 0 Å². The highest BCUT2D eigenvalue weighted by atomic mass is 16.2. The molecule has 78 valence electrons. The van der Waals surface area contributed by atoms with Gasteiger partial charge in [0.1, 0.15) is 0 Å². The first-order chi connectivity index (χ1) is 7.70. The molecule has 0 atom stereocenters. The molecule has 1 aromatic rings. The Labute approximate surface area is 93.4 Å². The van der Waals surface area contributed by atoms with Crippen LogP contribution in [0.2, 0.25) is 0 Å². The van der Waals surface area contributed by atoms with Crippen LogP contribution in [0.1, 0.15) is 11.1 Å². The quantitative estimate of drug-likeness (QED) is 0.542. The molecule has 0 fully saturated rings. The second kappa shape index (κ2) is 4.03. The van der Waals surface area contributed by atoms with Gasteiger partial charge in [0.25, 0.3) is 11.8 Å². The van der Waals surface area contributed by atoms with E-state index >= 15 is 0 Å². The minimum Gasteiger partial charge on any atom is -0.271 e. The van der Waals surface area contributed by atoms with E-state index in [1.165, 1.54) is 17.1 Å². The molecule has 0 saturated heterocycles. The van der Waals surface area contributed by atoms with Gasteiger partial charge in [0, 0.05) is 17.7 Å². The van der Waals surface area contributed by atoms with Gasteiger partial charge < -0.3 is 0 Å². The van der Waals surface area contributed by atoms with E-state index in [1.807, 2.05) is 12.1 Å². The van der Waals surface area contributed by atoms with E-state index in [-0.39, 0.29) is 18.4 Å². The summed E-state index contributed by atoms with van der Waals surface area (Å²) in [5.74, 6) is 1.96. The Bertz CT molecular complexity index is 488. The van der Waals surface area contributed by atoms with Gasteiger partial charge in [-0.1, -0.05) is 18.1 Å². The predicted octanol–water partition coefficient (Wildman–Crippen LogP) is 1.09. The molecule has 0 N–H and O–H groups in total. The molecular formula is C13H9NO2. The summed E-state index contributed by atoms with van der Waals surface area (Å²) in [4.78, 5) is 23.8. The van der Waals surface area contributed by atoms with E-state index < -0.39 is 0 Å². The lowest BCUT2D eigenvalue weighted by molar-refractivity contribution is -0.137. The van der Waals surface area contributed by atoms with E-state index in [2.05, 4.69) is 5.92 Å². The van der Waals surface area contributed by atoms with Crippen molar-refractivity contribution in [1.82, 2.24) is 4.90 Å². The number of amides is 2. The van der Waals surface area contributed by atoms with Gasteiger partial charge in [0.05, 0.1) is 6.54 Å². The maximum Gasteiger partial charge on any atom is 0.253 e. The summed E-state index contributed by atoms with van der Waals surface area (Å²) in [5.41, 5.74) is 1.66. The number of benzene rings is 1. The summed E-state index contributed by atoms with van der Waals surface area (Å²) in [6.07, 6.45) is 7.78. The van der Waals surface area contributed by atoms with Crippen LogP contribution in [0.4, 0.5) is 0 Å². The Morgan fingerprint density at radius 3 is 2.12 bits per heavy atom. The smallest absolute Gasteiger partial charge is 0.253 e. The number of terminal acetylenes is 1. The van der Waals surface area contributed by atoms with Crippen molar-refractivity contribution >= 4 is 11.8 Å². The van der Waals surface area contributed by atoms with E-state index in [1.54, 1.807) is 12.1 Å². The van der Waals surface area contributed by atoms with Gasteiger partial charge in [-0.15, -0.1) is 6.42 Å². The summed E-state index contributed by atoms with van der Waals surface area (Å²) < 4.78 is 0. The van der Waals surface area contributed by atoms with Crippen LogP contribution in [-0.2, 0) is 16.1 Å². The standard InChI is InChI=1S/C13H9NO2/c1-2-10-3-5-11(6-4-10)9-14-12(15)7-8-13(14)16/h1,3-8H,9H2. The van der Waals surface area contributed by atoms with E-state index in [0.29, 0.717) is 0 Å². The molecule has 16 heavy (non-hydrogen) atoms. The number of carbonyl (C=O) groups excluding carboxylic acids is 2. The lowest BCUT2D eigenvalue weighted by atomic mass is 10.1. The monoisotopic (exact) mass is 211 g/mol. The van der Waals surface area contributed by atoms with E-state index in [4.69, 9.17) is 6.42 Å². The van der Waals surface area contributed by atoms with Gasteiger partial charge in [-0.2, -0.15) is 0 Å². The molecule has 3 nitrogen and oxygen atoms in total. The van der Waals surface area contributed by atoms with Crippen molar-refractivity contribution < 1.29 is 9.59 Å². The van der Waals surface area contributed by atoms with Crippen LogP contribution in [0, 0.1) is 12.3 Å². The highest BCUT2D eigenvalue weighted by Crippen LogP contribution is 2.11. The fraction of sp³-hybridized carbons (Fsp3) is 0.0769. The zero-order chi connectivity index (χ0) is 11.5. The summed E-state index contributed by atoms with van der Waals surface area (Å²) in [5, 5.41) is 0. The summed E-state index contributed by atoms with van der Waals surface area (Å²) in [7, 11) is 0. The van der Waals surface area contributed by atoms with Gasteiger partial charge >= 0.3 is 0 Å². The maximum atomic E-state index is 11.3. The molecule has 0 aliphatic carbocycles. The summed E-state index contributed by atoms with van der Waals surface area (Å²) >= 11 is 0. The lowest BCUT2D eigenvalue weighted by Gasteiger charge is -2.13. The molecule has 1 heterocycles. The van der Waals surface area contributed by atoms with Crippen LogP contribution in [0.25, 0.3) is 0 Å². The average Bonchev–Trinajstić information content (AvgIpc) is 2.62. The second-order valence-corrected chi connectivity index (χ2v) is 3.44. The molecule has 1 aromatic carbocycles. The minimum absolute atomic E-state index is 0.272. The van der Waals surface area contributed by atoms with Crippen LogP contribution in [0.15, 0.2) is 36.4 Å². The van der Waals surface area contributed by atoms with Crippen molar-refractivity contribution in [3.63, 3.8) is 0 Å². The number of nitrogens with zero attached hydrogens (tertiary/aromatic N) is 1. The van der Waals surface area contributed by atoms with Crippen LogP contribution in [0.3, 0.4) is 0 Å². The number of hydrogen-bond acceptors (Lipinski definition) is 2. The highest BCUT2D eigenvalue weighted by molar-refractivity contribution is 6.12. The first-order valence-corrected chi connectivity index (χ1v) is 4.80. The normalized spacial score (nSPS) is 14.3. The van der Waals surface area contributed by atoms with Crippen molar-refractivity contribution in [3.05, 3.63) is 47.5 Å². The maximum absolute atomic E-state index is 11.3. The molecule has 0 saturated carbocycles. The molecule has 0 bridgehead atoms. The SMILES string of the molecule is C#Cc1ccc(CN2C(=O)C=CC2=O)cc1. The minimum atomic E-state index is -0.272. The molecule has 1 aliphatic heterocycles. The van der Waals surface area contributed by atoms with Gasteiger partial charge in [0.15, 0.2) is 0 Å². The Morgan fingerprint density at radius 1 is 1.06 bits per heavy atom. The predicted molar refractivity (Wildman–Crippen MR) is 59.1 cm³/mol. The second-order valence-electron chi connectivity index (χ2n) is 3.44. The van der Waals surface area contributed by atoms with Crippen molar-refractivity contribution in [2.45, 2.75) is 6.54 Å². The molecule has 0 unspecified atom stereocenters. The summed E-state index contributed by atoms with van der Waals surface area (Å²) in [6, 6.07) is 7.20. The largest absolute Gasteiger partial charge is 0.271 e. The van der Waals surface area contributed by atoms with Crippen LogP contribution in [0.5, 0.6) is 0 Å². The summed E-state index contributed by atoms with van der Waals surface area (Å²) in [6.45, 7) is 0.287. The fourth-order valence-electron chi connectivity index (χ4n) is 1.48. The van der Waals surface area contributed by atoms with E-state index in [9.17, 15) is 9.59 Å². The number of carbonyl (C=O) groups is 2.